The Hall–Kier alpha value is -2.35. The third kappa shape index (κ3) is 2.68. The molecule has 2 bridgehead atoms. The van der Waals surface area contributed by atoms with E-state index in [9.17, 15) is 5.11 Å². The van der Waals surface area contributed by atoms with Crippen LogP contribution in [0.5, 0.6) is 5.88 Å². The van der Waals surface area contributed by atoms with Crippen molar-refractivity contribution in [2.75, 3.05) is 30.5 Å². The van der Waals surface area contributed by atoms with E-state index >= 15 is 0 Å². The number of aromatic amines is 1. The lowest BCUT2D eigenvalue weighted by atomic mass is 9.89. The molecule has 0 radical (unpaired) electrons. The first-order valence-electron chi connectivity index (χ1n) is 9.31. The summed E-state index contributed by atoms with van der Waals surface area (Å²) < 4.78 is 5.38. The molecule has 138 valence electrons. The van der Waals surface area contributed by atoms with Gasteiger partial charge < -0.3 is 20.1 Å². The van der Waals surface area contributed by atoms with Crippen molar-refractivity contribution in [1.29, 1.82) is 0 Å². The third-order valence-electron chi connectivity index (χ3n) is 5.99. The van der Waals surface area contributed by atoms with E-state index in [1.54, 1.807) is 13.2 Å². The molecule has 5 rings (SSSR count). The minimum absolute atomic E-state index is 0.00601. The van der Waals surface area contributed by atoms with Crippen LogP contribution < -0.4 is 15.0 Å². The van der Waals surface area contributed by atoms with Crippen LogP contribution in [-0.4, -0.2) is 51.6 Å². The summed E-state index contributed by atoms with van der Waals surface area (Å²) in [4.78, 5) is 11.5. The highest BCUT2D eigenvalue weighted by molar-refractivity contribution is 5.56. The van der Waals surface area contributed by atoms with Gasteiger partial charge in [0.2, 0.25) is 11.8 Å². The van der Waals surface area contributed by atoms with Gasteiger partial charge in [0.05, 0.1) is 13.7 Å². The maximum absolute atomic E-state index is 9.79. The van der Waals surface area contributed by atoms with E-state index in [2.05, 4.69) is 25.4 Å². The first kappa shape index (κ1) is 15.9. The molecule has 2 saturated carbocycles. The highest BCUT2D eigenvalue weighted by Gasteiger charge is 2.50. The Morgan fingerprint density at radius 1 is 1.31 bits per heavy atom. The minimum Gasteiger partial charge on any atom is -0.481 e. The Labute approximate surface area is 152 Å². The van der Waals surface area contributed by atoms with Crippen molar-refractivity contribution in [1.82, 2.24) is 20.2 Å². The van der Waals surface area contributed by atoms with Crippen molar-refractivity contribution < 1.29 is 9.84 Å². The number of nitrogens with one attached hydrogen (secondary N) is 2. The van der Waals surface area contributed by atoms with Gasteiger partial charge in [0, 0.05) is 41.7 Å². The summed E-state index contributed by atoms with van der Waals surface area (Å²) in [5.41, 5.74) is 1.18. The highest BCUT2D eigenvalue weighted by Crippen LogP contribution is 2.48. The number of aliphatic hydroxyl groups excluding tert-OH is 1. The third-order valence-corrected chi connectivity index (χ3v) is 5.99. The summed E-state index contributed by atoms with van der Waals surface area (Å²) in [6.07, 6.45) is 5.63. The Morgan fingerprint density at radius 2 is 2.19 bits per heavy atom. The SMILES string of the molecule is COc1cc(Nc2cc(C3CC3)[nH]n2)nc(N2CC3(CO)CCC2C3)n1. The Kier molecular flexibility index (Phi) is 3.56. The molecule has 2 unspecified atom stereocenters. The van der Waals surface area contributed by atoms with Crippen LogP contribution in [0.2, 0.25) is 0 Å². The lowest BCUT2D eigenvalue weighted by Crippen LogP contribution is -2.38. The maximum atomic E-state index is 9.79. The first-order chi connectivity index (χ1) is 12.7. The number of hydrogen-bond acceptors (Lipinski definition) is 7. The van der Waals surface area contributed by atoms with Crippen LogP contribution in [0.25, 0.3) is 0 Å². The van der Waals surface area contributed by atoms with Gasteiger partial charge in [0.25, 0.3) is 0 Å². The quantitative estimate of drug-likeness (QED) is 0.729. The molecule has 0 amide bonds. The molecule has 2 aromatic rings. The number of rotatable bonds is 6. The molecule has 1 saturated heterocycles. The number of hydrogen-bond donors (Lipinski definition) is 3. The molecule has 2 atom stereocenters. The predicted molar refractivity (Wildman–Crippen MR) is 96.9 cm³/mol. The van der Waals surface area contributed by atoms with Crippen LogP contribution in [-0.2, 0) is 0 Å². The molecule has 0 aromatic carbocycles. The van der Waals surface area contributed by atoms with Crippen molar-refractivity contribution in [2.24, 2.45) is 5.41 Å². The number of piperidine rings is 1. The maximum Gasteiger partial charge on any atom is 0.230 e. The van der Waals surface area contributed by atoms with Crippen LogP contribution >= 0.6 is 0 Å². The monoisotopic (exact) mass is 356 g/mol. The Balaban J connectivity index is 1.41. The fourth-order valence-corrected chi connectivity index (χ4v) is 4.35. The zero-order valence-corrected chi connectivity index (χ0v) is 14.9. The zero-order valence-electron chi connectivity index (χ0n) is 14.9. The van der Waals surface area contributed by atoms with Gasteiger partial charge in [-0.1, -0.05) is 0 Å². The van der Waals surface area contributed by atoms with Crippen LogP contribution in [0.15, 0.2) is 12.1 Å². The second-order valence-electron chi connectivity index (χ2n) is 7.89. The number of aromatic nitrogens is 4. The largest absolute Gasteiger partial charge is 0.481 e. The fraction of sp³-hybridized carbons (Fsp3) is 0.611. The van der Waals surface area contributed by atoms with E-state index in [0.29, 0.717) is 29.6 Å². The lowest BCUT2D eigenvalue weighted by Gasteiger charge is -2.31. The molecule has 3 N–H and O–H groups in total. The number of methoxy groups -OCH3 is 1. The molecule has 1 aliphatic heterocycles. The van der Waals surface area contributed by atoms with E-state index < -0.39 is 0 Å². The molecule has 3 aliphatic rings. The zero-order chi connectivity index (χ0) is 17.7. The van der Waals surface area contributed by atoms with E-state index in [0.717, 1.165) is 31.6 Å². The van der Waals surface area contributed by atoms with Crippen molar-refractivity contribution in [3.63, 3.8) is 0 Å². The average Bonchev–Trinajstić information content (AvgIpc) is 3.12. The summed E-state index contributed by atoms with van der Waals surface area (Å²) in [5, 5.41) is 20.5. The molecular weight excluding hydrogens is 332 g/mol. The Morgan fingerprint density at radius 3 is 2.92 bits per heavy atom. The molecule has 8 nitrogen and oxygen atoms in total. The summed E-state index contributed by atoms with van der Waals surface area (Å²) >= 11 is 0. The highest BCUT2D eigenvalue weighted by atomic mass is 16.5. The van der Waals surface area contributed by atoms with E-state index in [1.807, 2.05) is 6.07 Å². The number of anilines is 3. The standard InChI is InChI=1S/C18H24N6O2/c1-26-16-7-14(19-15-6-13(22-23-15)11-2-3-11)20-17(21-16)24-9-18(10-25)5-4-12(24)8-18/h6-7,11-12,25H,2-5,8-10H2,1H3,(H2,19,20,21,22,23). The normalized spacial score (nSPS) is 27.2. The van der Waals surface area contributed by atoms with Crippen molar-refractivity contribution in [2.45, 2.75) is 44.1 Å². The van der Waals surface area contributed by atoms with E-state index in [-0.39, 0.29) is 12.0 Å². The number of ether oxygens (including phenoxy) is 1. The van der Waals surface area contributed by atoms with E-state index in [1.165, 1.54) is 18.5 Å². The summed E-state index contributed by atoms with van der Waals surface area (Å²) in [5.74, 6) is 3.24. The molecule has 26 heavy (non-hydrogen) atoms. The van der Waals surface area contributed by atoms with Gasteiger partial charge in [0.1, 0.15) is 5.82 Å². The van der Waals surface area contributed by atoms with E-state index in [4.69, 9.17) is 9.72 Å². The van der Waals surface area contributed by atoms with Crippen LogP contribution in [0.1, 0.15) is 43.7 Å². The van der Waals surface area contributed by atoms with Gasteiger partial charge in [0.15, 0.2) is 5.82 Å². The summed E-state index contributed by atoms with van der Waals surface area (Å²) in [6, 6.07) is 4.23. The van der Waals surface area contributed by atoms with Gasteiger partial charge >= 0.3 is 0 Å². The van der Waals surface area contributed by atoms with Crippen molar-refractivity contribution in [3.8, 4) is 5.88 Å². The molecule has 0 spiro atoms. The van der Waals surface area contributed by atoms with Crippen LogP contribution in [0, 0.1) is 5.41 Å². The van der Waals surface area contributed by atoms with Gasteiger partial charge in [-0.2, -0.15) is 15.1 Å². The fourth-order valence-electron chi connectivity index (χ4n) is 4.35. The second kappa shape index (κ2) is 5.84. The average molecular weight is 356 g/mol. The molecular formula is C18H24N6O2. The first-order valence-corrected chi connectivity index (χ1v) is 9.31. The molecule has 2 aliphatic carbocycles. The molecule has 3 fully saturated rings. The molecule has 8 heteroatoms. The number of nitrogens with zero attached hydrogens (tertiary/aromatic N) is 4. The van der Waals surface area contributed by atoms with Gasteiger partial charge in [-0.15, -0.1) is 0 Å². The number of H-pyrrole nitrogens is 1. The van der Waals surface area contributed by atoms with Crippen molar-refractivity contribution >= 4 is 17.6 Å². The topological polar surface area (TPSA) is 99.2 Å². The predicted octanol–water partition coefficient (Wildman–Crippen LogP) is 2.18. The lowest BCUT2D eigenvalue weighted by molar-refractivity contribution is 0.148. The smallest absolute Gasteiger partial charge is 0.230 e. The number of aliphatic hydroxyl groups is 1. The number of fused-ring (bicyclic) bond motifs is 2. The van der Waals surface area contributed by atoms with Crippen molar-refractivity contribution in [3.05, 3.63) is 17.8 Å². The summed E-state index contributed by atoms with van der Waals surface area (Å²) in [7, 11) is 1.61. The molecule has 3 heterocycles. The Bertz CT molecular complexity index is 820. The van der Waals surface area contributed by atoms with Crippen LogP contribution in [0.4, 0.5) is 17.6 Å². The van der Waals surface area contributed by atoms with Gasteiger partial charge in [-0.05, 0) is 32.1 Å². The summed E-state index contributed by atoms with van der Waals surface area (Å²) in [6.45, 7) is 1.03. The minimum atomic E-state index is 0.00601. The second-order valence-corrected chi connectivity index (χ2v) is 7.89. The van der Waals surface area contributed by atoms with Crippen LogP contribution in [0.3, 0.4) is 0 Å². The molecule has 2 aromatic heterocycles. The van der Waals surface area contributed by atoms with Gasteiger partial charge in [-0.3, -0.25) is 5.10 Å². The van der Waals surface area contributed by atoms with Gasteiger partial charge in [-0.25, -0.2) is 0 Å².